The number of benzene rings is 1. The fraction of sp³-hybridized carbons (Fsp3) is 0.471. The van der Waals surface area contributed by atoms with Crippen LogP contribution in [0.4, 0.5) is 0 Å². The van der Waals surface area contributed by atoms with Crippen molar-refractivity contribution < 1.29 is 0 Å². The molecule has 2 aromatic rings. The van der Waals surface area contributed by atoms with E-state index in [0.717, 1.165) is 17.4 Å². The van der Waals surface area contributed by atoms with Gasteiger partial charge in [0.1, 0.15) is 0 Å². The number of pyridine rings is 1. The average molecular weight is 252 g/mol. The van der Waals surface area contributed by atoms with Gasteiger partial charge < -0.3 is 5.73 Å². The minimum Gasteiger partial charge on any atom is -0.324 e. The fourth-order valence-corrected chi connectivity index (χ4v) is 4.36. The van der Waals surface area contributed by atoms with E-state index in [2.05, 4.69) is 29.2 Å². The summed E-state index contributed by atoms with van der Waals surface area (Å²) in [6, 6.07) is 10.7. The van der Waals surface area contributed by atoms with Crippen LogP contribution >= 0.6 is 0 Å². The average Bonchev–Trinajstić information content (AvgIpc) is 3.08. The molecule has 2 nitrogen and oxygen atoms in total. The number of aromatic nitrogens is 1. The van der Waals surface area contributed by atoms with Crippen LogP contribution in [-0.4, -0.2) is 4.98 Å². The fourth-order valence-electron chi connectivity index (χ4n) is 4.36. The third-order valence-corrected chi connectivity index (χ3v) is 5.28. The highest BCUT2D eigenvalue weighted by molar-refractivity contribution is 5.82. The Morgan fingerprint density at radius 1 is 1.11 bits per heavy atom. The van der Waals surface area contributed by atoms with E-state index < -0.39 is 0 Å². The molecule has 1 aromatic carbocycles. The molecule has 2 N–H and O–H groups in total. The zero-order valence-electron chi connectivity index (χ0n) is 11.1. The molecule has 0 spiro atoms. The maximum atomic E-state index is 6.61. The van der Waals surface area contributed by atoms with E-state index in [9.17, 15) is 0 Å². The van der Waals surface area contributed by atoms with E-state index >= 15 is 0 Å². The Hall–Kier alpha value is -1.41. The second kappa shape index (κ2) is 4.31. The van der Waals surface area contributed by atoms with Crippen LogP contribution in [0.15, 0.2) is 36.5 Å². The van der Waals surface area contributed by atoms with E-state index in [1.165, 1.54) is 36.6 Å². The Morgan fingerprint density at radius 2 is 2.00 bits per heavy atom. The van der Waals surface area contributed by atoms with Gasteiger partial charge in [-0.1, -0.05) is 30.7 Å². The lowest BCUT2D eigenvalue weighted by molar-refractivity contribution is 0.285. The van der Waals surface area contributed by atoms with Crippen molar-refractivity contribution in [1.82, 2.24) is 4.98 Å². The van der Waals surface area contributed by atoms with Crippen molar-refractivity contribution in [3.05, 3.63) is 42.1 Å². The summed E-state index contributed by atoms with van der Waals surface area (Å²) in [7, 11) is 0. The predicted molar refractivity (Wildman–Crippen MR) is 77.6 cm³/mol. The first kappa shape index (κ1) is 11.4. The van der Waals surface area contributed by atoms with E-state index in [-0.39, 0.29) is 6.04 Å². The van der Waals surface area contributed by atoms with Crippen LogP contribution in [-0.2, 0) is 0 Å². The number of nitrogens with zero attached hydrogens (tertiary/aromatic N) is 1. The van der Waals surface area contributed by atoms with Crippen molar-refractivity contribution in [1.29, 1.82) is 0 Å². The molecule has 2 bridgehead atoms. The van der Waals surface area contributed by atoms with Gasteiger partial charge in [0.2, 0.25) is 0 Å². The van der Waals surface area contributed by atoms with Crippen molar-refractivity contribution in [2.75, 3.05) is 0 Å². The second-order valence-electron chi connectivity index (χ2n) is 6.29. The van der Waals surface area contributed by atoms with E-state index in [1.807, 2.05) is 12.3 Å². The number of rotatable bonds is 2. The third-order valence-electron chi connectivity index (χ3n) is 5.28. The summed E-state index contributed by atoms with van der Waals surface area (Å²) in [6.45, 7) is 0. The monoisotopic (exact) mass is 252 g/mol. The first-order valence-corrected chi connectivity index (χ1v) is 7.42. The first-order chi connectivity index (χ1) is 9.33. The van der Waals surface area contributed by atoms with Crippen LogP contribution in [0, 0.1) is 17.8 Å². The zero-order valence-corrected chi connectivity index (χ0v) is 11.1. The normalized spacial score (nSPS) is 30.9. The Bertz CT molecular complexity index is 602. The van der Waals surface area contributed by atoms with Crippen molar-refractivity contribution in [3.63, 3.8) is 0 Å². The molecule has 4 atom stereocenters. The Morgan fingerprint density at radius 3 is 2.79 bits per heavy atom. The summed E-state index contributed by atoms with van der Waals surface area (Å²) in [6.07, 6.45) is 7.44. The molecule has 1 aromatic heterocycles. The summed E-state index contributed by atoms with van der Waals surface area (Å²) in [5.41, 5.74) is 8.96. The predicted octanol–water partition coefficient (Wildman–Crippen LogP) is 3.67. The molecule has 4 unspecified atom stereocenters. The molecule has 0 aliphatic heterocycles. The molecule has 0 radical (unpaired) electrons. The van der Waals surface area contributed by atoms with Gasteiger partial charge in [0.15, 0.2) is 0 Å². The van der Waals surface area contributed by atoms with Gasteiger partial charge in [-0.05, 0) is 48.6 Å². The van der Waals surface area contributed by atoms with Crippen LogP contribution in [0.5, 0.6) is 0 Å². The number of hydrogen-bond donors (Lipinski definition) is 1. The topological polar surface area (TPSA) is 38.9 Å². The van der Waals surface area contributed by atoms with Crippen LogP contribution in [0.1, 0.15) is 37.3 Å². The molecule has 4 rings (SSSR count). The van der Waals surface area contributed by atoms with Gasteiger partial charge in [0.05, 0.1) is 5.52 Å². The van der Waals surface area contributed by atoms with Crippen LogP contribution in [0.3, 0.4) is 0 Å². The Labute approximate surface area is 114 Å². The number of nitrogens with two attached hydrogens (primary N) is 1. The molecule has 0 saturated heterocycles. The summed E-state index contributed by atoms with van der Waals surface area (Å²) in [5.74, 6) is 2.48. The molecule has 19 heavy (non-hydrogen) atoms. The van der Waals surface area contributed by atoms with E-state index in [1.54, 1.807) is 0 Å². The van der Waals surface area contributed by atoms with Gasteiger partial charge in [0, 0.05) is 17.6 Å². The van der Waals surface area contributed by atoms with Gasteiger partial charge in [-0.3, -0.25) is 4.98 Å². The second-order valence-corrected chi connectivity index (χ2v) is 6.29. The van der Waals surface area contributed by atoms with Gasteiger partial charge in [-0.25, -0.2) is 0 Å². The zero-order chi connectivity index (χ0) is 12.8. The molecule has 2 aliphatic rings. The van der Waals surface area contributed by atoms with Crippen LogP contribution in [0.25, 0.3) is 10.9 Å². The van der Waals surface area contributed by atoms with Gasteiger partial charge in [0.25, 0.3) is 0 Å². The molecular formula is C17H20N2. The molecular weight excluding hydrogens is 232 g/mol. The quantitative estimate of drug-likeness (QED) is 0.885. The minimum absolute atomic E-state index is 0.161. The highest BCUT2D eigenvalue weighted by Gasteiger charge is 2.42. The SMILES string of the molecule is NC(c1cccc2cccnc12)C1CC2CCC1C2. The van der Waals surface area contributed by atoms with Crippen molar-refractivity contribution in [2.45, 2.75) is 31.7 Å². The maximum absolute atomic E-state index is 6.61. The summed E-state index contributed by atoms with van der Waals surface area (Å²) in [5, 5.41) is 1.21. The molecule has 0 amide bonds. The van der Waals surface area contributed by atoms with Crippen molar-refractivity contribution in [2.24, 2.45) is 23.5 Å². The van der Waals surface area contributed by atoms with Crippen LogP contribution < -0.4 is 5.73 Å². The highest BCUT2D eigenvalue weighted by atomic mass is 14.7. The summed E-state index contributed by atoms with van der Waals surface area (Å²) < 4.78 is 0. The van der Waals surface area contributed by atoms with Gasteiger partial charge >= 0.3 is 0 Å². The number of hydrogen-bond acceptors (Lipinski definition) is 2. The van der Waals surface area contributed by atoms with E-state index in [4.69, 9.17) is 5.73 Å². The highest BCUT2D eigenvalue weighted by Crippen LogP contribution is 2.52. The summed E-state index contributed by atoms with van der Waals surface area (Å²) >= 11 is 0. The largest absolute Gasteiger partial charge is 0.324 e. The molecule has 2 fully saturated rings. The number of para-hydroxylation sites is 1. The van der Waals surface area contributed by atoms with Crippen molar-refractivity contribution in [3.8, 4) is 0 Å². The smallest absolute Gasteiger partial charge is 0.0749 e. The molecule has 1 heterocycles. The minimum atomic E-state index is 0.161. The van der Waals surface area contributed by atoms with Gasteiger partial charge in [-0.2, -0.15) is 0 Å². The summed E-state index contributed by atoms with van der Waals surface area (Å²) in [4.78, 5) is 4.56. The van der Waals surface area contributed by atoms with Crippen molar-refractivity contribution >= 4 is 10.9 Å². The third kappa shape index (κ3) is 1.78. The lowest BCUT2D eigenvalue weighted by Gasteiger charge is -2.28. The van der Waals surface area contributed by atoms with Gasteiger partial charge in [-0.15, -0.1) is 0 Å². The molecule has 2 heteroatoms. The van der Waals surface area contributed by atoms with Crippen LogP contribution in [0.2, 0.25) is 0 Å². The molecule has 2 aliphatic carbocycles. The lowest BCUT2D eigenvalue weighted by Crippen LogP contribution is -2.26. The standard InChI is InChI=1S/C17H20N2/c18-16(15-10-11-6-7-13(15)9-11)14-5-1-3-12-4-2-8-19-17(12)14/h1-5,8,11,13,15-16H,6-7,9-10,18H2. The molecule has 2 saturated carbocycles. The number of fused-ring (bicyclic) bond motifs is 3. The Balaban J connectivity index is 1.74. The molecule has 98 valence electrons. The lowest BCUT2D eigenvalue weighted by atomic mass is 9.80. The van der Waals surface area contributed by atoms with E-state index in [0.29, 0.717) is 5.92 Å². The Kier molecular flexibility index (Phi) is 2.59. The maximum Gasteiger partial charge on any atom is 0.0749 e. The first-order valence-electron chi connectivity index (χ1n) is 7.42.